The first kappa shape index (κ1) is 8.50. The van der Waals surface area contributed by atoms with Crippen LogP contribution in [0.3, 0.4) is 0 Å². The Morgan fingerprint density at radius 3 is 2.77 bits per heavy atom. The fourth-order valence-electron chi connectivity index (χ4n) is 2.95. The highest BCUT2D eigenvalue weighted by atomic mass is 32.2. The van der Waals surface area contributed by atoms with E-state index in [-0.39, 0.29) is 4.93 Å². The van der Waals surface area contributed by atoms with E-state index in [0.29, 0.717) is 9.49 Å². The van der Waals surface area contributed by atoms with E-state index in [1.165, 1.54) is 0 Å². The molecule has 4 fully saturated rings. The van der Waals surface area contributed by atoms with E-state index in [9.17, 15) is 0 Å². The van der Waals surface area contributed by atoms with Crippen LogP contribution in [0, 0.1) is 0 Å². The molecule has 6 unspecified atom stereocenters. The summed E-state index contributed by atoms with van der Waals surface area (Å²) in [5, 5.41) is 2.55. The third-order valence-electron chi connectivity index (χ3n) is 4.14. The van der Waals surface area contributed by atoms with Crippen molar-refractivity contribution in [2.24, 2.45) is 0 Å². The number of rotatable bonds is 1. The van der Waals surface area contributed by atoms with Gasteiger partial charge in [-0.25, -0.2) is 0 Å². The van der Waals surface area contributed by atoms with Gasteiger partial charge < -0.3 is 17.1 Å². The average molecular weight is 250 g/mol. The van der Waals surface area contributed by atoms with Crippen LogP contribution in [0.4, 0.5) is 0 Å². The molecule has 5 heteroatoms. The standard InChI is InChI=1S/C8H10OS4/c1-6-4-3(11-4)5-8(9-10,12-5)7(6,2)13-6/h3-5,9H,1-2H3. The van der Waals surface area contributed by atoms with Gasteiger partial charge in [-0.3, -0.25) is 0 Å². The van der Waals surface area contributed by atoms with Crippen LogP contribution in [-0.4, -0.2) is 34.4 Å². The average Bonchev–Trinajstić information content (AvgIpc) is 2.86. The highest BCUT2D eigenvalue weighted by molar-refractivity contribution is 8.19. The van der Waals surface area contributed by atoms with Gasteiger partial charge in [-0.2, -0.15) is 0 Å². The predicted octanol–water partition coefficient (Wildman–Crippen LogP) is 1.55. The van der Waals surface area contributed by atoms with Crippen LogP contribution in [0.15, 0.2) is 0 Å². The first-order valence-electron chi connectivity index (χ1n) is 4.47. The van der Waals surface area contributed by atoms with Crippen molar-refractivity contribution in [1.82, 2.24) is 0 Å². The maximum atomic E-state index is 5.01. The lowest BCUT2D eigenvalue weighted by atomic mass is 9.80. The minimum Gasteiger partial charge on any atom is -0.532 e. The molecule has 4 aliphatic rings. The zero-order valence-corrected chi connectivity index (χ0v) is 10.6. The molecule has 0 aromatic rings. The van der Waals surface area contributed by atoms with Gasteiger partial charge in [0.1, 0.15) is 10.00 Å². The Balaban J connectivity index is 1.85. The number of thioether (sulfide) groups is 3. The second kappa shape index (κ2) is 1.95. The number of hydrogen-bond acceptors (Lipinski definition) is 4. The van der Waals surface area contributed by atoms with Gasteiger partial charge in [0.25, 0.3) is 0 Å². The van der Waals surface area contributed by atoms with Crippen molar-refractivity contribution in [3.05, 3.63) is 0 Å². The van der Waals surface area contributed by atoms with E-state index in [1.54, 1.807) is 0 Å². The molecule has 1 aliphatic carbocycles. The maximum absolute atomic E-state index is 5.01. The van der Waals surface area contributed by atoms with E-state index in [2.05, 4.69) is 41.6 Å². The lowest BCUT2D eigenvalue weighted by Crippen LogP contribution is -2.48. The van der Waals surface area contributed by atoms with Crippen LogP contribution in [0.2, 0.25) is 0 Å². The molecule has 3 aliphatic heterocycles. The molecule has 0 radical (unpaired) electrons. The largest absolute Gasteiger partial charge is 0.532 e. The van der Waals surface area contributed by atoms with Crippen LogP contribution < -0.4 is 0 Å². The summed E-state index contributed by atoms with van der Waals surface area (Å²) in [7, 11) is 0. The zero-order valence-electron chi connectivity index (χ0n) is 7.31. The van der Waals surface area contributed by atoms with Crippen LogP contribution in [-0.2, 0) is 12.9 Å². The summed E-state index contributed by atoms with van der Waals surface area (Å²) in [5.74, 6) is 0. The molecule has 72 valence electrons. The summed E-state index contributed by atoms with van der Waals surface area (Å²) in [6.07, 6.45) is 0. The van der Waals surface area contributed by atoms with Gasteiger partial charge in [-0.05, 0) is 13.8 Å². The van der Waals surface area contributed by atoms with Crippen molar-refractivity contribution in [2.45, 2.75) is 44.0 Å². The van der Waals surface area contributed by atoms with Crippen molar-refractivity contribution in [3.8, 4) is 0 Å². The number of fused-ring (bicyclic) bond motifs is 6. The Bertz CT molecular complexity index is 323. The van der Waals surface area contributed by atoms with Crippen LogP contribution >= 0.6 is 35.3 Å². The van der Waals surface area contributed by atoms with Gasteiger partial charge in [0, 0.05) is 10.5 Å². The van der Waals surface area contributed by atoms with Crippen molar-refractivity contribution in [1.29, 1.82) is 0 Å². The SMILES string of the molecule is CC12SC1(C)C1([OH+][S-])SC1C1SC12. The summed E-state index contributed by atoms with van der Waals surface area (Å²) >= 11 is 11.3. The summed E-state index contributed by atoms with van der Waals surface area (Å²) in [5.41, 5.74) is 0. The predicted molar refractivity (Wildman–Crippen MR) is 63.3 cm³/mol. The fourth-order valence-corrected chi connectivity index (χ4v) is 9.62. The normalized spacial score (nSPS) is 76.4. The van der Waals surface area contributed by atoms with E-state index >= 15 is 0 Å². The summed E-state index contributed by atoms with van der Waals surface area (Å²) in [4.78, 5) is 0.131. The molecule has 3 heterocycles. The molecule has 0 aromatic heterocycles. The van der Waals surface area contributed by atoms with Gasteiger partial charge >= 0.3 is 0 Å². The number of hydrogen-bond donors (Lipinski definition) is 0. The van der Waals surface area contributed by atoms with Gasteiger partial charge in [0.05, 0.1) is 4.75 Å². The molecule has 3 saturated heterocycles. The van der Waals surface area contributed by atoms with Crippen molar-refractivity contribution in [2.75, 3.05) is 0 Å². The Labute approximate surface area is 96.1 Å². The monoisotopic (exact) mass is 250 g/mol. The molecular formula is C8H10OS4. The molecule has 1 nitrogen and oxygen atoms in total. The minimum absolute atomic E-state index is 0.131. The Morgan fingerprint density at radius 2 is 2.08 bits per heavy atom. The molecule has 4 rings (SSSR count). The Morgan fingerprint density at radius 1 is 1.31 bits per heavy atom. The topological polar surface area (TPSA) is 12.8 Å². The Kier molecular flexibility index (Phi) is 1.28. The first-order valence-corrected chi connectivity index (χ1v) is 7.47. The third-order valence-corrected chi connectivity index (χ3v) is 10.4. The van der Waals surface area contributed by atoms with E-state index in [0.717, 1.165) is 15.7 Å². The molecule has 0 spiro atoms. The van der Waals surface area contributed by atoms with Gasteiger partial charge in [-0.1, -0.05) is 11.8 Å². The van der Waals surface area contributed by atoms with Crippen molar-refractivity contribution >= 4 is 48.2 Å². The number of aliphatic hydroxyl groups is 1. The van der Waals surface area contributed by atoms with Crippen LogP contribution in [0.5, 0.6) is 0 Å². The van der Waals surface area contributed by atoms with Crippen LogP contribution in [0.1, 0.15) is 13.8 Å². The second-order valence-electron chi connectivity index (χ2n) is 4.59. The quantitative estimate of drug-likeness (QED) is 0.398. The van der Waals surface area contributed by atoms with Crippen molar-refractivity contribution < 1.29 is 4.18 Å². The molecule has 0 amide bonds. The summed E-state index contributed by atoms with van der Waals surface area (Å²) in [6, 6.07) is 0. The summed E-state index contributed by atoms with van der Waals surface area (Å²) in [6.45, 7) is 4.78. The molecule has 0 bridgehead atoms. The second-order valence-corrected chi connectivity index (χ2v) is 9.33. The van der Waals surface area contributed by atoms with Gasteiger partial charge in [0.15, 0.2) is 0 Å². The lowest BCUT2D eigenvalue weighted by molar-refractivity contribution is 0.0487. The van der Waals surface area contributed by atoms with E-state index in [1.807, 2.05) is 11.8 Å². The summed E-state index contributed by atoms with van der Waals surface area (Å²) < 4.78 is 5.14. The Hall–Kier alpha value is 1.36. The zero-order chi connectivity index (χ0) is 9.06. The highest BCUT2D eigenvalue weighted by Crippen LogP contribution is 2.90. The third kappa shape index (κ3) is 0.654. The molecular weight excluding hydrogens is 240 g/mol. The van der Waals surface area contributed by atoms with Gasteiger partial charge in [0.2, 0.25) is 4.93 Å². The molecule has 1 N–H and O–H groups in total. The van der Waals surface area contributed by atoms with E-state index in [4.69, 9.17) is 12.9 Å². The fraction of sp³-hybridized carbons (Fsp3) is 1.00. The van der Waals surface area contributed by atoms with Crippen LogP contribution in [0.25, 0.3) is 0 Å². The first-order chi connectivity index (χ1) is 6.09. The van der Waals surface area contributed by atoms with Crippen molar-refractivity contribution in [3.63, 3.8) is 0 Å². The maximum Gasteiger partial charge on any atom is 0.226 e. The minimum atomic E-state index is 0.131. The smallest absolute Gasteiger partial charge is 0.226 e. The van der Waals surface area contributed by atoms with Gasteiger partial charge in [-0.15, -0.1) is 23.5 Å². The molecule has 13 heavy (non-hydrogen) atoms. The molecule has 6 atom stereocenters. The van der Waals surface area contributed by atoms with E-state index < -0.39 is 0 Å². The molecule has 1 saturated carbocycles. The molecule has 0 aromatic carbocycles. The highest BCUT2D eigenvalue weighted by Gasteiger charge is 2.95. The lowest BCUT2D eigenvalue weighted by Gasteiger charge is -2.27.